The minimum absolute atomic E-state index is 0. The summed E-state index contributed by atoms with van der Waals surface area (Å²) in [5.41, 5.74) is 9.89. The number of nitrogens with two attached hydrogens (primary N) is 2. The third-order valence-corrected chi connectivity index (χ3v) is 0.944. The van der Waals surface area contributed by atoms with E-state index in [0.717, 1.165) is 0 Å². The van der Waals surface area contributed by atoms with Crippen molar-refractivity contribution in [1.82, 2.24) is 5.16 Å². The van der Waals surface area contributed by atoms with E-state index in [9.17, 15) is 4.79 Å². The minimum atomic E-state index is -0.929. The van der Waals surface area contributed by atoms with Gasteiger partial charge in [0.2, 0.25) is 0 Å². The Morgan fingerprint density at radius 1 is 1.75 bits per heavy atom. The summed E-state index contributed by atoms with van der Waals surface area (Å²) in [5, 5.41) is 3.35. The van der Waals surface area contributed by atoms with Crippen molar-refractivity contribution in [2.75, 3.05) is 0 Å². The smallest absolute Gasteiger partial charge is 0.388 e. The largest absolute Gasteiger partial charge is 0.411 e. The van der Waals surface area contributed by atoms with Crippen molar-refractivity contribution in [1.29, 1.82) is 0 Å². The molecule has 1 heterocycles. The van der Waals surface area contributed by atoms with Crippen LogP contribution in [0.4, 0.5) is 4.79 Å². The number of carbonyl (C=O) groups is 1. The Balaban J connectivity index is 0.00000121. The highest BCUT2D eigenvalue weighted by Crippen LogP contribution is 2.09. The van der Waals surface area contributed by atoms with Crippen LogP contribution in [0.5, 0.6) is 5.88 Å². The van der Waals surface area contributed by atoms with Crippen LogP contribution in [0.1, 0.15) is 5.76 Å². The molecule has 0 fully saturated rings. The minimum Gasteiger partial charge on any atom is -0.388 e. The number of primary amides is 1. The highest BCUT2D eigenvalue weighted by molar-refractivity contribution is 5.85. The molecular formula is C5H8ClN3O3. The zero-order valence-corrected chi connectivity index (χ0v) is 6.84. The first kappa shape index (κ1) is 10.7. The maximum Gasteiger partial charge on any atom is 0.411 e. The summed E-state index contributed by atoms with van der Waals surface area (Å²) in [6.07, 6.45) is -0.929. The van der Waals surface area contributed by atoms with Crippen molar-refractivity contribution < 1.29 is 14.1 Å². The lowest BCUT2D eigenvalue weighted by atomic mass is 10.5. The van der Waals surface area contributed by atoms with E-state index in [1.165, 1.54) is 6.07 Å². The van der Waals surface area contributed by atoms with E-state index in [4.69, 9.17) is 11.5 Å². The fraction of sp³-hybridized carbons (Fsp3) is 0.200. The molecule has 1 aromatic heterocycles. The summed E-state index contributed by atoms with van der Waals surface area (Å²) in [6.45, 7) is 0.203. The van der Waals surface area contributed by atoms with Gasteiger partial charge in [-0.1, -0.05) is 0 Å². The lowest BCUT2D eigenvalue weighted by Crippen LogP contribution is -2.16. The molecule has 1 amide bonds. The van der Waals surface area contributed by atoms with Crippen molar-refractivity contribution >= 4 is 18.5 Å². The molecule has 0 atom stereocenters. The fourth-order valence-corrected chi connectivity index (χ4v) is 0.541. The Kier molecular flexibility index (Phi) is 4.09. The number of carbonyl (C=O) groups excluding carboxylic acids is 1. The highest BCUT2D eigenvalue weighted by atomic mass is 35.5. The first-order valence-corrected chi connectivity index (χ1v) is 2.85. The van der Waals surface area contributed by atoms with Gasteiger partial charge in [0, 0.05) is 6.07 Å². The average Bonchev–Trinajstić information content (AvgIpc) is 2.34. The Morgan fingerprint density at radius 3 is 2.83 bits per heavy atom. The number of hydrogen-bond donors (Lipinski definition) is 2. The van der Waals surface area contributed by atoms with Gasteiger partial charge in [-0.3, -0.25) is 0 Å². The lowest BCUT2D eigenvalue weighted by Gasteiger charge is -1.89. The molecule has 1 aromatic rings. The number of amides is 1. The summed E-state index contributed by atoms with van der Waals surface area (Å²) in [7, 11) is 0. The van der Waals surface area contributed by atoms with Gasteiger partial charge in [0.1, 0.15) is 0 Å². The number of rotatable bonds is 2. The molecule has 6 nitrogen and oxygen atoms in total. The predicted molar refractivity (Wildman–Crippen MR) is 41.9 cm³/mol. The molecule has 0 radical (unpaired) electrons. The van der Waals surface area contributed by atoms with Crippen LogP contribution < -0.4 is 16.2 Å². The molecular weight excluding hydrogens is 186 g/mol. The number of aromatic nitrogens is 1. The van der Waals surface area contributed by atoms with Gasteiger partial charge >= 0.3 is 6.09 Å². The van der Waals surface area contributed by atoms with Crippen molar-refractivity contribution in [3.8, 4) is 5.88 Å². The van der Waals surface area contributed by atoms with E-state index < -0.39 is 6.09 Å². The monoisotopic (exact) mass is 193 g/mol. The molecule has 0 aromatic carbocycles. The van der Waals surface area contributed by atoms with Crippen LogP contribution in [-0.4, -0.2) is 11.2 Å². The molecule has 7 heteroatoms. The SMILES string of the molecule is Cl.NCc1cc(OC(N)=O)no1. The van der Waals surface area contributed by atoms with Crippen LogP contribution in [0.3, 0.4) is 0 Å². The van der Waals surface area contributed by atoms with Crippen molar-refractivity contribution in [3.63, 3.8) is 0 Å². The van der Waals surface area contributed by atoms with Gasteiger partial charge in [-0.15, -0.1) is 12.4 Å². The summed E-state index contributed by atoms with van der Waals surface area (Å²) < 4.78 is 8.98. The van der Waals surface area contributed by atoms with E-state index in [1.54, 1.807) is 0 Å². The summed E-state index contributed by atoms with van der Waals surface area (Å²) in [5.74, 6) is 0.458. The Morgan fingerprint density at radius 2 is 2.42 bits per heavy atom. The maximum atomic E-state index is 10.2. The molecule has 4 N–H and O–H groups in total. The van der Waals surface area contributed by atoms with Crippen molar-refractivity contribution in [3.05, 3.63) is 11.8 Å². The molecule has 0 unspecified atom stereocenters. The van der Waals surface area contributed by atoms with E-state index in [0.29, 0.717) is 5.76 Å². The highest BCUT2D eigenvalue weighted by Gasteiger charge is 2.04. The molecule has 12 heavy (non-hydrogen) atoms. The van der Waals surface area contributed by atoms with Crippen molar-refractivity contribution in [2.24, 2.45) is 11.5 Å². The predicted octanol–water partition coefficient (Wildman–Crippen LogP) is 0.0126. The van der Waals surface area contributed by atoms with Crippen LogP contribution in [0, 0.1) is 0 Å². The van der Waals surface area contributed by atoms with E-state index in [2.05, 4.69) is 14.4 Å². The van der Waals surface area contributed by atoms with Gasteiger partial charge < -0.3 is 20.7 Å². The first-order chi connectivity index (χ1) is 5.22. The molecule has 0 saturated heterocycles. The second kappa shape index (κ2) is 4.58. The van der Waals surface area contributed by atoms with Gasteiger partial charge in [0.25, 0.3) is 5.88 Å². The fourth-order valence-electron chi connectivity index (χ4n) is 0.541. The van der Waals surface area contributed by atoms with Crippen LogP contribution in [0.2, 0.25) is 0 Å². The van der Waals surface area contributed by atoms with Gasteiger partial charge in [-0.25, -0.2) is 4.79 Å². The Labute approximate surface area is 74.2 Å². The standard InChI is InChI=1S/C5H7N3O3.ClH/c6-2-3-1-4(8-11-3)10-5(7)9;/h1H,2,6H2,(H2,7,9);1H. The molecule has 0 aliphatic carbocycles. The zero-order chi connectivity index (χ0) is 8.27. The Hall–Kier alpha value is -1.27. The van der Waals surface area contributed by atoms with Gasteiger partial charge in [0.15, 0.2) is 5.76 Å². The van der Waals surface area contributed by atoms with Gasteiger partial charge in [-0.2, -0.15) is 0 Å². The number of ether oxygens (including phenoxy) is 1. The number of halogens is 1. The van der Waals surface area contributed by atoms with Gasteiger partial charge in [-0.05, 0) is 5.16 Å². The molecule has 0 aliphatic heterocycles. The molecule has 0 bridgehead atoms. The molecule has 0 aliphatic rings. The van der Waals surface area contributed by atoms with E-state index in [1.807, 2.05) is 0 Å². The quantitative estimate of drug-likeness (QED) is 0.689. The first-order valence-electron chi connectivity index (χ1n) is 2.85. The molecule has 68 valence electrons. The molecule has 0 saturated carbocycles. The summed E-state index contributed by atoms with van der Waals surface area (Å²) in [6, 6.07) is 1.39. The van der Waals surface area contributed by atoms with Crippen molar-refractivity contribution in [2.45, 2.75) is 6.54 Å². The number of nitrogens with zero attached hydrogens (tertiary/aromatic N) is 1. The van der Waals surface area contributed by atoms with Crippen LogP contribution in [0.15, 0.2) is 10.6 Å². The Bertz CT molecular complexity index is 262. The third-order valence-electron chi connectivity index (χ3n) is 0.944. The average molecular weight is 194 g/mol. The topological polar surface area (TPSA) is 104 Å². The van der Waals surface area contributed by atoms with Gasteiger partial charge in [0.05, 0.1) is 6.54 Å². The maximum absolute atomic E-state index is 10.2. The molecule has 1 rings (SSSR count). The van der Waals surface area contributed by atoms with Crippen LogP contribution >= 0.6 is 12.4 Å². The second-order valence-corrected chi connectivity index (χ2v) is 1.76. The third kappa shape index (κ3) is 2.77. The van der Waals surface area contributed by atoms with E-state index >= 15 is 0 Å². The second-order valence-electron chi connectivity index (χ2n) is 1.76. The van der Waals surface area contributed by atoms with Crippen LogP contribution in [-0.2, 0) is 6.54 Å². The molecule has 0 spiro atoms. The van der Waals surface area contributed by atoms with Crippen LogP contribution in [0.25, 0.3) is 0 Å². The number of hydrogen-bond acceptors (Lipinski definition) is 5. The normalized spacial score (nSPS) is 8.75. The summed E-state index contributed by atoms with van der Waals surface area (Å²) >= 11 is 0. The summed E-state index contributed by atoms with van der Waals surface area (Å²) in [4.78, 5) is 10.2. The lowest BCUT2D eigenvalue weighted by molar-refractivity contribution is 0.206. The van der Waals surface area contributed by atoms with E-state index in [-0.39, 0.29) is 24.8 Å². The zero-order valence-electron chi connectivity index (χ0n) is 6.02.